The Labute approximate surface area is 149 Å². The second-order valence-electron chi connectivity index (χ2n) is 5.60. The largest absolute Gasteiger partial charge is 0.326 e. The zero-order valence-electron chi connectivity index (χ0n) is 13.6. The molecule has 0 bridgehead atoms. The topological polar surface area (TPSA) is 101 Å². The number of hydrogen-bond acceptors (Lipinski definition) is 4. The third kappa shape index (κ3) is 4.77. The van der Waals surface area contributed by atoms with E-state index in [1.807, 2.05) is 0 Å². The maximum Gasteiger partial charge on any atom is 0.271 e. The molecule has 0 spiro atoms. The highest BCUT2D eigenvalue weighted by Gasteiger charge is 2.14. The molecule has 0 fully saturated rings. The Hall–Kier alpha value is -2.93. The summed E-state index contributed by atoms with van der Waals surface area (Å²) in [5, 5.41) is 16.1. The molecule has 0 aromatic heterocycles. The van der Waals surface area contributed by atoms with Crippen molar-refractivity contribution in [3.05, 3.63) is 63.2 Å². The zero-order chi connectivity index (χ0) is 18.6. The summed E-state index contributed by atoms with van der Waals surface area (Å²) >= 11 is 5.96. The van der Waals surface area contributed by atoms with Crippen molar-refractivity contribution in [3.8, 4) is 0 Å². The number of nitro groups is 1. The summed E-state index contributed by atoms with van der Waals surface area (Å²) in [6.45, 7) is 3.53. The first-order valence-electron chi connectivity index (χ1n) is 7.44. The Morgan fingerprint density at radius 2 is 1.84 bits per heavy atom. The van der Waals surface area contributed by atoms with E-state index in [9.17, 15) is 19.7 Å². The van der Waals surface area contributed by atoms with Gasteiger partial charge in [-0.05, 0) is 24.3 Å². The highest BCUT2D eigenvalue weighted by Crippen LogP contribution is 2.27. The minimum atomic E-state index is -0.571. The maximum absolute atomic E-state index is 12.3. The van der Waals surface area contributed by atoms with Crippen LogP contribution in [0.5, 0.6) is 0 Å². The van der Waals surface area contributed by atoms with E-state index in [0.717, 1.165) is 6.07 Å². The minimum Gasteiger partial charge on any atom is -0.326 e. The summed E-state index contributed by atoms with van der Waals surface area (Å²) < 4.78 is 0. The fourth-order valence-electron chi connectivity index (χ4n) is 1.94. The van der Waals surface area contributed by atoms with Crippen molar-refractivity contribution in [3.63, 3.8) is 0 Å². The number of benzene rings is 2. The molecule has 2 amide bonds. The Kier molecular flexibility index (Phi) is 5.71. The molecule has 2 aromatic rings. The predicted molar refractivity (Wildman–Crippen MR) is 96.0 cm³/mol. The van der Waals surface area contributed by atoms with Crippen LogP contribution < -0.4 is 10.6 Å². The number of non-ortho nitro benzene ring substituents is 1. The molecule has 2 aromatic carbocycles. The average molecular weight is 362 g/mol. The van der Waals surface area contributed by atoms with Gasteiger partial charge in [-0.15, -0.1) is 0 Å². The number of nitrogens with one attached hydrogen (secondary N) is 2. The summed E-state index contributed by atoms with van der Waals surface area (Å²) in [5.41, 5.74) is 0.910. The normalized spacial score (nSPS) is 10.4. The van der Waals surface area contributed by atoms with E-state index in [0.29, 0.717) is 11.3 Å². The number of hydrogen-bond donors (Lipinski definition) is 2. The van der Waals surface area contributed by atoms with Crippen LogP contribution in [-0.4, -0.2) is 16.7 Å². The van der Waals surface area contributed by atoms with Gasteiger partial charge in [-0.2, -0.15) is 0 Å². The van der Waals surface area contributed by atoms with Gasteiger partial charge in [0.2, 0.25) is 5.91 Å². The molecule has 0 heterocycles. The second-order valence-corrected chi connectivity index (χ2v) is 6.01. The lowest BCUT2D eigenvalue weighted by Gasteiger charge is -2.10. The number of nitrogens with zero attached hydrogens (tertiary/aromatic N) is 1. The molecule has 0 aliphatic heterocycles. The lowest BCUT2D eigenvalue weighted by atomic mass is 10.1. The van der Waals surface area contributed by atoms with Gasteiger partial charge in [0.1, 0.15) is 0 Å². The number of halogens is 1. The van der Waals surface area contributed by atoms with Crippen molar-refractivity contribution in [1.29, 1.82) is 0 Å². The quantitative estimate of drug-likeness (QED) is 0.618. The first-order valence-corrected chi connectivity index (χ1v) is 7.82. The van der Waals surface area contributed by atoms with Gasteiger partial charge in [-0.1, -0.05) is 31.5 Å². The van der Waals surface area contributed by atoms with Gasteiger partial charge in [0.25, 0.3) is 11.6 Å². The van der Waals surface area contributed by atoms with Crippen LogP contribution >= 0.6 is 11.6 Å². The highest BCUT2D eigenvalue weighted by molar-refractivity contribution is 6.34. The van der Waals surface area contributed by atoms with Gasteiger partial charge in [0.15, 0.2) is 0 Å². The van der Waals surface area contributed by atoms with E-state index >= 15 is 0 Å². The van der Waals surface area contributed by atoms with Crippen molar-refractivity contribution >= 4 is 40.5 Å². The van der Waals surface area contributed by atoms with Crippen LogP contribution in [0.2, 0.25) is 5.02 Å². The molecule has 0 saturated carbocycles. The van der Waals surface area contributed by atoms with Crippen LogP contribution in [0.15, 0.2) is 42.5 Å². The minimum absolute atomic E-state index is 0.0619. The molecule has 7 nitrogen and oxygen atoms in total. The Morgan fingerprint density at radius 1 is 1.12 bits per heavy atom. The van der Waals surface area contributed by atoms with Crippen molar-refractivity contribution in [2.45, 2.75) is 13.8 Å². The lowest BCUT2D eigenvalue weighted by Crippen LogP contribution is -2.18. The summed E-state index contributed by atoms with van der Waals surface area (Å²) in [6, 6.07) is 10.2. The first-order chi connectivity index (χ1) is 11.8. The second kappa shape index (κ2) is 7.76. The van der Waals surface area contributed by atoms with Gasteiger partial charge in [-0.25, -0.2) is 0 Å². The van der Waals surface area contributed by atoms with E-state index < -0.39 is 10.8 Å². The summed E-state index contributed by atoms with van der Waals surface area (Å²) in [7, 11) is 0. The average Bonchev–Trinajstić information content (AvgIpc) is 2.56. The Bertz CT molecular complexity index is 836. The van der Waals surface area contributed by atoms with E-state index in [4.69, 9.17) is 11.6 Å². The number of anilines is 2. The third-order valence-corrected chi connectivity index (χ3v) is 3.64. The van der Waals surface area contributed by atoms with Crippen LogP contribution in [0.1, 0.15) is 24.2 Å². The smallest absolute Gasteiger partial charge is 0.271 e. The number of nitro benzene ring substituents is 1. The zero-order valence-corrected chi connectivity index (χ0v) is 14.3. The van der Waals surface area contributed by atoms with Crippen LogP contribution in [0.25, 0.3) is 0 Å². The molecular formula is C17H16ClN3O4. The van der Waals surface area contributed by atoms with E-state index in [2.05, 4.69) is 10.6 Å². The molecule has 25 heavy (non-hydrogen) atoms. The van der Waals surface area contributed by atoms with Crippen molar-refractivity contribution in [2.24, 2.45) is 5.92 Å². The molecule has 2 N–H and O–H groups in total. The summed E-state index contributed by atoms with van der Waals surface area (Å²) in [6.07, 6.45) is 0. The number of rotatable bonds is 5. The summed E-state index contributed by atoms with van der Waals surface area (Å²) in [5.74, 6) is -0.788. The van der Waals surface area contributed by atoms with Crippen molar-refractivity contribution < 1.29 is 14.5 Å². The molecule has 0 unspecified atom stereocenters. The lowest BCUT2D eigenvalue weighted by molar-refractivity contribution is -0.384. The van der Waals surface area contributed by atoms with Gasteiger partial charge >= 0.3 is 0 Å². The molecule has 0 atom stereocenters. The predicted octanol–water partition coefficient (Wildman–Crippen LogP) is 4.10. The third-order valence-electron chi connectivity index (χ3n) is 3.33. The number of carbonyl (C=O) groups excluding carboxylic acids is 2. The monoisotopic (exact) mass is 361 g/mol. The molecule has 0 saturated heterocycles. The molecule has 0 aliphatic carbocycles. The molecule has 0 aliphatic rings. The highest BCUT2D eigenvalue weighted by atomic mass is 35.5. The van der Waals surface area contributed by atoms with Gasteiger partial charge in [0.05, 0.1) is 15.6 Å². The Morgan fingerprint density at radius 3 is 2.44 bits per heavy atom. The molecule has 2 rings (SSSR count). The maximum atomic E-state index is 12.3. The van der Waals surface area contributed by atoms with Crippen molar-refractivity contribution in [2.75, 3.05) is 10.6 Å². The fraction of sp³-hybridized carbons (Fsp3) is 0.176. The van der Waals surface area contributed by atoms with Gasteiger partial charge < -0.3 is 10.6 Å². The molecular weight excluding hydrogens is 346 g/mol. The molecule has 130 valence electrons. The van der Waals surface area contributed by atoms with Crippen LogP contribution in [-0.2, 0) is 4.79 Å². The number of carbonyl (C=O) groups is 2. The van der Waals surface area contributed by atoms with Gasteiger partial charge in [0, 0.05) is 29.3 Å². The number of amides is 2. The SMILES string of the molecule is CC(C)C(=O)Nc1cccc(C(=O)Nc2ccc([N+](=O)[O-])cc2Cl)c1. The standard InChI is InChI=1S/C17H16ClN3O4/c1-10(2)16(22)19-12-5-3-4-11(8-12)17(23)20-15-7-6-13(21(24)25)9-14(15)18/h3-10H,1-2H3,(H,19,22)(H,20,23). The summed E-state index contributed by atoms with van der Waals surface area (Å²) in [4.78, 5) is 34.2. The van der Waals surface area contributed by atoms with Crippen LogP contribution in [0, 0.1) is 16.0 Å². The van der Waals surface area contributed by atoms with E-state index in [-0.39, 0.29) is 28.2 Å². The fourth-order valence-corrected chi connectivity index (χ4v) is 2.16. The van der Waals surface area contributed by atoms with Crippen LogP contribution in [0.3, 0.4) is 0 Å². The van der Waals surface area contributed by atoms with Gasteiger partial charge in [-0.3, -0.25) is 19.7 Å². The molecule has 0 radical (unpaired) electrons. The van der Waals surface area contributed by atoms with Crippen LogP contribution in [0.4, 0.5) is 17.1 Å². The van der Waals surface area contributed by atoms with E-state index in [1.165, 1.54) is 18.2 Å². The molecule has 8 heteroatoms. The Balaban J connectivity index is 2.16. The van der Waals surface area contributed by atoms with Crippen molar-refractivity contribution in [1.82, 2.24) is 0 Å². The van der Waals surface area contributed by atoms with E-state index in [1.54, 1.807) is 32.0 Å². The first kappa shape index (κ1) is 18.4.